The number of benzene rings is 1. The topological polar surface area (TPSA) is 49.6 Å². The average Bonchev–Trinajstić information content (AvgIpc) is 2.98. The Morgan fingerprint density at radius 1 is 1.38 bits per heavy atom. The summed E-state index contributed by atoms with van der Waals surface area (Å²) < 4.78 is 0. The van der Waals surface area contributed by atoms with Gasteiger partial charge in [-0.2, -0.15) is 0 Å². The molecule has 21 heavy (non-hydrogen) atoms. The maximum absolute atomic E-state index is 12.6. The van der Waals surface area contributed by atoms with Crippen LogP contribution in [0.15, 0.2) is 24.3 Å². The summed E-state index contributed by atoms with van der Waals surface area (Å²) in [5.41, 5.74) is 7.52. The summed E-state index contributed by atoms with van der Waals surface area (Å²) >= 11 is 0. The van der Waals surface area contributed by atoms with Gasteiger partial charge in [0.25, 0.3) is 5.91 Å². The molecular weight excluding hydrogens is 262 g/mol. The van der Waals surface area contributed by atoms with Gasteiger partial charge in [0, 0.05) is 24.7 Å². The van der Waals surface area contributed by atoms with E-state index in [1.54, 1.807) is 0 Å². The molecule has 4 nitrogen and oxygen atoms in total. The highest BCUT2D eigenvalue weighted by atomic mass is 16.2. The molecule has 2 N–H and O–H groups in total. The maximum Gasteiger partial charge on any atom is 0.253 e. The fraction of sp³-hybridized carbons (Fsp3) is 0.588. The van der Waals surface area contributed by atoms with E-state index in [2.05, 4.69) is 18.7 Å². The summed E-state index contributed by atoms with van der Waals surface area (Å²) in [5, 5.41) is 0. The molecule has 1 aliphatic heterocycles. The van der Waals surface area contributed by atoms with Crippen LogP contribution in [0.2, 0.25) is 0 Å². The van der Waals surface area contributed by atoms with Crippen molar-refractivity contribution in [2.75, 3.05) is 32.7 Å². The number of likely N-dealkylation sites (N-methyl/N-ethyl adjacent to an activating group) is 1. The van der Waals surface area contributed by atoms with Crippen LogP contribution in [0, 0.1) is 0 Å². The Balaban J connectivity index is 2.02. The third-order valence-corrected chi connectivity index (χ3v) is 4.39. The molecule has 2 rings (SSSR count). The van der Waals surface area contributed by atoms with Crippen molar-refractivity contribution < 1.29 is 4.79 Å². The number of nitrogens with two attached hydrogens (primary N) is 1. The molecule has 1 amide bonds. The molecule has 1 aliphatic rings. The van der Waals surface area contributed by atoms with Gasteiger partial charge in [0.2, 0.25) is 0 Å². The molecule has 0 radical (unpaired) electrons. The van der Waals surface area contributed by atoms with E-state index in [1.807, 2.05) is 29.2 Å². The van der Waals surface area contributed by atoms with Crippen molar-refractivity contribution in [2.24, 2.45) is 5.73 Å². The molecular formula is C17H27N3O. The fourth-order valence-corrected chi connectivity index (χ4v) is 3.17. The monoisotopic (exact) mass is 289 g/mol. The Kier molecular flexibility index (Phi) is 5.76. The zero-order chi connectivity index (χ0) is 15.2. The smallest absolute Gasteiger partial charge is 0.253 e. The van der Waals surface area contributed by atoms with Crippen LogP contribution < -0.4 is 5.73 Å². The summed E-state index contributed by atoms with van der Waals surface area (Å²) in [5.74, 6) is 0.156. The van der Waals surface area contributed by atoms with Crippen LogP contribution in [0.5, 0.6) is 0 Å². The molecule has 1 atom stereocenters. The van der Waals surface area contributed by atoms with Gasteiger partial charge in [-0.3, -0.25) is 9.69 Å². The van der Waals surface area contributed by atoms with E-state index in [9.17, 15) is 4.79 Å². The molecule has 116 valence electrons. The highest BCUT2D eigenvalue weighted by molar-refractivity contribution is 5.94. The minimum absolute atomic E-state index is 0.156. The van der Waals surface area contributed by atoms with Crippen molar-refractivity contribution >= 4 is 5.91 Å². The largest absolute Gasteiger partial charge is 0.337 e. The number of amides is 1. The molecule has 1 fully saturated rings. The molecule has 4 heteroatoms. The first-order chi connectivity index (χ1) is 10.2. The Hall–Kier alpha value is -1.39. The summed E-state index contributed by atoms with van der Waals surface area (Å²) in [6, 6.07) is 8.39. The molecule has 0 saturated carbocycles. The van der Waals surface area contributed by atoms with Crippen LogP contribution in [0.1, 0.15) is 36.2 Å². The Bertz CT molecular complexity index is 471. The average molecular weight is 289 g/mol. The van der Waals surface area contributed by atoms with Crippen molar-refractivity contribution in [1.29, 1.82) is 0 Å². The van der Waals surface area contributed by atoms with Gasteiger partial charge in [0.15, 0.2) is 0 Å². The van der Waals surface area contributed by atoms with Crippen LogP contribution in [0.4, 0.5) is 0 Å². The van der Waals surface area contributed by atoms with E-state index < -0.39 is 0 Å². The zero-order valence-corrected chi connectivity index (χ0v) is 13.2. The molecule has 0 aliphatic carbocycles. The molecule has 1 saturated heterocycles. The lowest BCUT2D eigenvalue weighted by molar-refractivity contribution is 0.0778. The van der Waals surface area contributed by atoms with Gasteiger partial charge in [-0.15, -0.1) is 0 Å². The number of nitrogens with zero attached hydrogens (tertiary/aromatic N) is 2. The Morgan fingerprint density at radius 3 is 2.81 bits per heavy atom. The van der Waals surface area contributed by atoms with Crippen molar-refractivity contribution in [3.63, 3.8) is 0 Å². The standard InChI is InChI=1S/C17H27N3O/c1-3-19(4-2)16-9-11-20(13-16)17(21)15-7-5-6-14(12-15)8-10-18/h5-7,12,16H,3-4,8-11,13,18H2,1-2H3. The minimum Gasteiger partial charge on any atom is -0.337 e. The first-order valence-electron chi connectivity index (χ1n) is 8.01. The Labute approximate surface area is 127 Å². The first kappa shape index (κ1) is 16.0. The third kappa shape index (κ3) is 3.83. The summed E-state index contributed by atoms with van der Waals surface area (Å²) in [7, 11) is 0. The van der Waals surface area contributed by atoms with Gasteiger partial charge >= 0.3 is 0 Å². The van der Waals surface area contributed by atoms with Crippen LogP contribution in [0.3, 0.4) is 0 Å². The molecule has 0 aromatic heterocycles. The third-order valence-electron chi connectivity index (χ3n) is 4.39. The number of rotatable bonds is 6. The molecule has 1 heterocycles. The van der Waals surface area contributed by atoms with Crippen LogP contribution >= 0.6 is 0 Å². The van der Waals surface area contributed by atoms with Crippen molar-refractivity contribution in [3.05, 3.63) is 35.4 Å². The Morgan fingerprint density at radius 2 is 2.14 bits per heavy atom. The fourth-order valence-electron chi connectivity index (χ4n) is 3.17. The van der Waals surface area contributed by atoms with E-state index in [1.165, 1.54) is 0 Å². The number of carbonyl (C=O) groups is 1. The summed E-state index contributed by atoms with van der Waals surface area (Å²) in [4.78, 5) is 17.1. The SMILES string of the molecule is CCN(CC)C1CCN(C(=O)c2cccc(CCN)c2)C1. The lowest BCUT2D eigenvalue weighted by Crippen LogP contribution is -2.38. The van der Waals surface area contributed by atoms with Gasteiger partial charge in [-0.25, -0.2) is 0 Å². The van der Waals surface area contributed by atoms with E-state index in [-0.39, 0.29) is 5.91 Å². The van der Waals surface area contributed by atoms with Gasteiger partial charge < -0.3 is 10.6 Å². The van der Waals surface area contributed by atoms with Gasteiger partial charge in [-0.1, -0.05) is 26.0 Å². The highest BCUT2D eigenvalue weighted by Gasteiger charge is 2.29. The van der Waals surface area contributed by atoms with E-state index in [0.717, 1.165) is 50.1 Å². The normalized spacial score (nSPS) is 18.5. The molecule has 0 bridgehead atoms. The number of carbonyl (C=O) groups excluding carboxylic acids is 1. The van der Waals surface area contributed by atoms with E-state index in [0.29, 0.717) is 12.6 Å². The quantitative estimate of drug-likeness (QED) is 0.868. The second-order valence-corrected chi connectivity index (χ2v) is 5.65. The van der Waals surface area contributed by atoms with Crippen LogP contribution in [-0.2, 0) is 6.42 Å². The number of likely N-dealkylation sites (tertiary alicyclic amines) is 1. The van der Waals surface area contributed by atoms with E-state index in [4.69, 9.17) is 5.73 Å². The van der Waals surface area contributed by atoms with Crippen LogP contribution in [-0.4, -0.2) is 54.5 Å². The molecule has 0 spiro atoms. The molecule has 1 aromatic carbocycles. The van der Waals surface area contributed by atoms with Crippen molar-refractivity contribution in [2.45, 2.75) is 32.7 Å². The van der Waals surface area contributed by atoms with Gasteiger partial charge in [0.05, 0.1) is 0 Å². The van der Waals surface area contributed by atoms with Crippen molar-refractivity contribution in [3.8, 4) is 0 Å². The minimum atomic E-state index is 0.156. The highest BCUT2D eigenvalue weighted by Crippen LogP contribution is 2.18. The summed E-state index contributed by atoms with van der Waals surface area (Å²) in [6.45, 7) is 8.80. The van der Waals surface area contributed by atoms with Gasteiger partial charge in [-0.05, 0) is 50.2 Å². The zero-order valence-electron chi connectivity index (χ0n) is 13.2. The predicted octanol–water partition coefficient (Wildman–Crippen LogP) is 1.74. The van der Waals surface area contributed by atoms with Crippen LogP contribution in [0.25, 0.3) is 0 Å². The number of hydrogen-bond donors (Lipinski definition) is 1. The first-order valence-corrected chi connectivity index (χ1v) is 8.01. The summed E-state index contributed by atoms with van der Waals surface area (Å²) in [6.07, 6.45) is 1.90. The molecule has 1 aromatic rings. The predicted molar refractivity (Wildman–Crippen MR) is 86.4 cm³/mol. The molecule has 1 unspecified atom stereocenters. The van der Waals surface area contributed by atoms with E-state index >= 15 is 0 Å². The lowest BCUT2D eigenvalue weighted by atomic mass is 10.1. The number of hydrogen-bond acceptors (Lipinski definition) is 3. The van der Waals surface area contributed by atoms with Gasteiger partial charge in [0.1, 0.15) is 0 Å². The second-order valence-electron chi connectivity index (χ2n) is 5.65. The second kappa shape index (κ2) is 7.57. The lowest BCUT2D eigenvalue weighted by Gasteiger charge is -2.26. The maximum atomic E-state index is 12.6. The van der Waals surface area contributed by atoms with Crippen molar-refractivity contribution in [1.82, 2.24) is 9.80 Å².